The zero-order chi connectivity index (χ0) is 13.1. The van der Waals surface area contributed by atoms with Gasteiger partial charge in [-0.05, 0) is 36.2 Å². The van der Waals surface area contributed by atoms with Crippen molar-refractivity contribution in [3.63, 3.8) is 0 Å². The lowest BCUT2D eigenvalue weighted by molar-refractivity contribution is 0.299. The standard InChI is InChI=1S/C14H11ClF2O/c15-13-4-1-9(5-6-18)7-12(13)11-3-2-10(16)8-14(11)17/h1-4,7-8,18H,5-6H2. The number of benzene rings is 2. The van der Waals surface area contributed by atoms with E-state index >= 15 is 0 Å². The Morgan fingerprint density at radius 2 is 1.78 bits per heavy atom. The van der Waals surface area contributed by atoms with E-state index in [1.165, 1.54) is 12.1 Å². The highest BCUT2D eigenvalue weighted by Crippen LogP contribution is 2.31. The summed E-state index contributed by atoms with van der Waals surface area (Å²) in [7, 11) is 0. The summed E-state index contributed by atoms with van der Waals surface area (Å²) in [6, 6.07) is 8.48. The molecule has 0 heterocycles. The Labute approximate surface area is 109 Å². The molecule has 0 fully saturated rings. The molecule has 0 saturated heterocycles. The van der Waals surface area contributed by atoms with E-state index in [-0.39, 0.29) is 12.2 Å². The summed E-state index contributed by atoms with van der Waals surface area (Å²) in [5.41, 5.74) is 1.60. The van der Waals surface area contributed by atoms with Crippen LogP contribution in [0.2, 0.25) is 5.02 Å². The lowest BCUT2D eigenvalue weighted by Gasteiger charge is -2.08. The molecule has 0 unspecified atom stereocenters. The minimum absolute atomic E-state index is 0.00692. The van der Waals surface area contributed by atoms with Crippen molar-refractivity contribution in [2.24, 2.45) is 0 Å². The molecule has 4 heteroatoms. The van der Waals surface area contributed by atoms with Crippen LogP contribution in [0.25, 0.3) is 11.1 Å². The van der Waals surface area contributed by atoms with Crippen LogP contribution < -0.4 is 0 Å². The molecule has 2 aromatic rings. The number of halogens is 3. The van der Waals surface area contributed by atoms with E-state index in [2.05, 4.69) is 0 Å². The lowest BCUT2D eigenvalue weighted by atomic mass is 10.0. The second-order valence-electron chi connectivity index (χ2n) is 3.91. The third kappa shape index (κ3) is 2.68. The monoisotopic (exact) mass is 268 g/mol. The highest BCUT2D eigenvalue weighted by atomic mass is 35.5. The Kier molecular flexibility index (Phi) is 3.94. The second kappa shape index (κ2) is 5.46. The zero-order valence-electron chi connectivity index (χ0n) is 9.46. The maximum Gasteiger partial charge on any atom is 0.133 e. The third-order valence-electron chi connectivity index (χ3n) is 2.65. The maximum absolute atomic E-state index is 13.7. The number of hydrogen-bond acceptors (Lipinski definition) is 1. The quantitative estimate of drug-likeness (QED) is 0.897. The van der Waals surface area contributed by atoms with Gasteiger partial charge < -0.3 is 5.11 Å². The number of aliphatic hydroxyl groups excluding tert-OH is 1. The molecule has 0 spiro atoms. The van der Waals surface area contributed by atoms with Crippen LogP contribution in [0.15, 0.2) is 36.4 Å². The first-order chi connectivity index (χ1) is 8.61. The van der Waals surface area contributed by atoms with Crippen LogP contribution >= 0.6 is 11.6 Å². The van der Waals surface area contributed by atoms with Crippen molar-refractivity contribution < 1.29 is 13.9 Å². The molecule has 1 nitrogen and oxygen atoms in total. The maximum atomic E-state index is 13.7. The first kappa shape index (κ1) is 13.0. The zero-order valence-corrected chi connectivity index (χ0v) is 10.2. The average Bonchev–Trinajstić information content (AvgIpc) is 2.33. The van der Waals surface area contributed by atoms with Crippen molar-refractivity contribution in [1.29, 1.82) is 0 Å². The van der Waals surface area contributed by atoms with Gasteiger partial charge in [-0.25, -0.2) is 8.78 Å². The highest BCUT2D eigenvalue weighted by molar-refractivity contribution is 6.33. The molecule has 0 aliphatic heterocycles. The number of hydrogen-bond donors (Lipinski definition) is 1. The summed E-state index contributed by atoms with van der Waals surface area (Å²) in [6.07, 6.45) is 0.465. The Bertz CT molecular complexity index is 570. The molecular weight excluding hydrogens is 258 g/mol. The van der Waals surface area contributed by atoms with Gasteiger partial charge in [-0.1, -0.05) is 17.7 Å². The molecule has 0 saturated carbocycles. The van der Waals surface area contributed by atoms with E-state index < -0.39 is 11.6 Å². The first-order valence-electron chi connectivity index (χ1n) is 5.46. The topological polar surface area (TPSA) is 20.2 Å². The molecule has 0 amide bonds. The van der Waals surface area contributed by atoms with Crippen molar-refractivity contribution >= 4 is 11.6 Å². The summed E-state index contributed by atoms with van der Waals surface area (Å²) < 4.78 is 26.5. The van der Waals surface area contributed by atoms with Crippen LogP contribution in [0.1, 0.15) is 5.56 Å². The van der Waals surface area contributed by atoms with Gasteiger partial charge in [-0.15, -0.1) is 0 Å². The normalized spacial score (nSPS) is 10.7. The van der Waals surface area contributed by atoms with Crippen LogP contribution in [0.5, 0.6) is 0 Å². The van der Waals surface area contributed by atoms with E-state index in [0.717, 1.165) is 11.6 Å². The van der Waals surface area contributed by atoms with Crippen molar-refractivity contribution in [2.75, 3.05) is 6.61 Å². The van der Waals surface area contributed by atoms with Gasteiger partial charge in [0.2, 0.25) is 0 Å². The van der Waals surface area contributed by atoms with Gasteiger partial charge in [0.25, 0.3) is 0 Å². The predicted molar refractivity (Wildman–Crippen MR) is 67.6 cm³/mol. The molecule has 0 bridgehead atoms. The molecule has 0 aliphatic rings. The van der Waals surface area contributed by atoms with E-state index in [1.807, 2.05) is 0 Å². The summed E-state index contributed by atoms with van der Waals surface area (Å²) >= 11 is 6.02. The van der Waals surface area contributed by atoms with Crippen LogP contribution in [-0.2, 0) is 6.42 Å². The molecule has 0 aromatic heterocycles. The molecule has 18 heavy (non-hydrogen) atoms. The van der Waals surface area contributed by atoms with Crippen molar-refractivity contribution in [2.45, 2.75) is 6.42 Å². The largest absolute Gasteiger partial charge is 0.396 e. The Hall–Kier alpha value is -1.45. The molecular formula is C14H11ClF2O. The Balaban J connectivity index is 2.51. The number of rotatable bonds is 3. The van der Waals surface area contributed by atoms with Crippen molar-refractivity contribution in [3.8, 4) is 11.1 Å². The van der Waals surface area contributed by atoms with Gasteiger partial charge in [0.1, 0.15) is 11.6 Å². The van der Waals surface area contributed by atoms with E-state index in [1.54, 1.807) is 18.2 Å². The summed E-state index contributed by atoms with van der Waals surface area (Å²) in [5.74, 6) is -1.28. The third-order valence-corrected chi connectivity index (χ3v) is 2.98. The summed E-state index contributed by atoms with van der Waals surface area (Å²) in [6.45, 7) is 0.00692. The van der Waals surface area contributed by atoms with Gasteiger partial charge in [-0.2, -0.15) is 0 Å². The van der Waals surface area contributed by atoms with Crippen molar-refractivity contribution in [1.82, 2.24) is 0 Å². The molecule has 1 N–H and O–H groups in total. The molecule has 0 aliphatic carbocycles. The van der Waals surface area contributed by atoms with Gasteiger partial charge >= 0.3 is 0 Å². The van der Waals surface area contributed by atoms with Gasteiger partial charge in [0.15, 0.2) is 0 Å². The van der Waals surface area contributed by atoms with E-state index in [9.17, 15) is 8.78 Å². The fraction of sp³-hybridized carbons (Fsp3) is 0.143. The van der Waals surface area contributed by atoms with E-state index in [4.69, 9.17) is 16.7 Å². The minimum Gasteiger partial charge on any atom is -0.396 e. The molecule has 2 aromatic carbocycles. The van der Waals surface area contributed by atoms with E-state index in [0.29, 0.717) is 17.0 Å². The average molecular weight is 269 g/mol. The molecule has 94 valence electrons. The van der Waals surface area contributed by atoms with Crippen molar-refractivity contribution in [3.05, 3.63) is 58.6 Å². The van der Waals surface area contributed by atoms with Crippen LogP contribution in [0.4, 0.5) is 8.78 Å². The molecule has 0 radical (unpaired) electrons. The fourth-order valence-corrected chi connectivity index (χ4v) is 1.99. The van der Waals surface area contributed by atoms with Gasteiger partial charge in [0, 0.05) is 28.8 Å². The second-order valence-corrected chi connectivity index (χ2v) is 4.32. The minimum atomic E-state index is -0.655. The SMILES string of the molecule is OCCc1ccc(Cl)c(-c2ccc(F)cc2F)c1. The number of aliphatic hydroxyl groups is 1. The summed E-state index contributed by atoms with van der Waals surface area (Å²) in [4.78, 5) is 0. The summed E-state index contributed by atoms with van der Waals surface area (Å²) in [5, 5.41) is 9.28. The van der Waals surface area contributed by atoms with Crippen LogP contribution in [0, 0.1) is 11.6 Å². The fourth-order valence-electron chi connectivity index (χ4n) is 1.77. The van der Waals surface area contributed by atoms with Crippen LogP contribution in [0.3, 0.4) is 0 Å². The van der Waals surface area contributed by atoms with Crippen LogP contribution in [-0.4, -0.2) is 11.7 Å². The lowest BCUT2D eigenvalue weighted by Crippen LogP contribution is -1.93. The van der Waals surface area contributed by atoms with Gasteiger partial charge in [-0.3, -0.25) is 0 Å². The highest BCUT2D eigenvalue weighted by Gasteiger charge is 2.10. The Morgan fingerprint density at radius 3 is 2.44 bits per heavy atom. The first-order valence-corrected chi connectivity index (χ1v) is 5.84. The molecule has 2 rings (SSSR count). The smallest absolute Gasteiger partial charge is 0.133 e. The molecule has 0 atom stereocenters. The predicted octanol–water partition coefficient (Wildman–Crippen LogP) is 3.82. The van der Waals surface area contributed by atoms with Gasteiger partial charge in [0.05, 0.1) is 0 Å². The Morgan fingerprint density at radius 1 is 1.00 bits per heavy atom.